The minimum Gasteiger partial charge on any atom is -0.481 e. The number of hydrogen-bond acceptors (Lipinski definition) is 7. The highest BCUT2D eigenvalue weighted by Gasteiger charge is 2.47. The summed E-state index contributed by atoms with van der Waals surface area (Å²) >= 11 is 0. The minimum atomic E-state index is -4.10. The number of nitrogens with zero attached hydrogens (tertiary/aromatic N) is 4. The second-order valence-corrected chi connectivity index (χ2v) is 13.5. The molecular weight excluding hydrogens is 581 g/mol. The lowest BCUT2D eigenvalue weighted by Gasteiger charge is -2.47. The molecule has 224 valence electrons. The summed E-state index contributed by atoms with van der Waals surface area (Å²) < 4.78 is 43.2. The number of fused-ring (bicyclic) bond motifs is 4. The quantitative estimate of drug-likeness (QED) is 0.225. The Morgan fingerprint density at radius 3 is 2.39 bits per heavy atom. The molecular formula is C33H30FN5O4S. The van der Waals surface area contributed by atoms with Crippen molar-refractivity contribution in [2.24, 2.45) is 17.8 Å². The molecule has 11 heteroatoms. The molecule has 3 aliphatic rings. The smallest absolute Gasteiger partial charge is 0.308 e. The number of benzene rings is 2. The molecule has 3 aromatic heterocycles. The Labute approximate surface area is 253 Å². The van der Waals surface area contributed by atoms with Crippen molar-refractivity contribution in [1.29, 1.82) is 0 Å². The first-order valence-corrected chi connectivity index (χ1v) is 16.1. The number of carboxylic acid groups (broad SMARTS) is 1. The molecule has 3 heterocycles. The summed E-state index contributed by atoms with van der Waals surface area (Å²) in [6, 6.07) is 18.6. The van der Waals surface area contributed by atoms with Crippen LogP contribution in [-0.4, -0.2) is 44.5 Å². The molecule has 0 amide bonds. The van der Waals surface area contributed by atoms with Crippen LogP contribution in [-0.2, 0) is 14.8 Å². The average Bonchev–Trinajstić information content (AvgIpc) is 3.41. The van der Waals surface area contributed by atoms with Crippen LogP contribution in [0.1, 0.15) is 31.2 Å². The third-order valence-corrected chi connectivity index (χ3v) is 10.7. The number of rotatable bonds is 7. The number of anilines is 1. The van der Waals surface area contributed by atoms with E-state index in [1.807, 2.05) is 37.3 Å². The second kappa shape index (κ2) is 10.8. The highest BCUT2D eigenvalue weighted by atomic mass is 32.2. The zero-order chi connectivity index (χ0) is 30.6. The predicted molar refractivity (Wildman–Crippen MR) is 164 cm³/mol. The Bertz CT molecular complexity index is 1990. The third kappa shape index (κ3) is 4.90. The van der Waals surface area contributed by atoms with Gasteiger partial charge in [-0.1, -0.05) is 48.0 Å². The van der Waals surface area contributed by atoms with Crippen molar-refractivity contribution >= 4 is 32.8 Å². The second-order valence-electron chi connectivity index (χ2n) is 11.7. The summed E-state index contributed by atoms with van der Waals surface area (Å²) in [5.74, 6) is -1.12. The largest absolute Gasteiger partial charge is 0.481 e. The van der Waals surface area contributed by atoms with Crippen LogP contribution in [0.25, 0.3) is 33.7 Å². The molecule has 2 bridgehead atoms. The van der Waals surface area contributed by atoms with Crippen molar-refractivity contribution < 1.29 is 22.7 Å². The molecule has 0 aliphatic heterocycles. The Kier molecular flexibility index (Phi) is 6.92. The molecule has 3 aliphatic carbocycles. The average molecular weight is 612 g/mol. The summed E-state index contributed by atoms with van der Waals surface area (Å²) in [7, 11) is -4.10. The van der Waals surface area contributed by atoms with Crippen molar-refractivity contribution in [2.45, 2.75) is 43.5 Å². The lowest BCUT2D eigenvalue weighted by Crippen LogP contribution is -2.51. The van der Waals surface area contributed by atoms with E-state index in [9.17, 15) is 22.7 Å². The molecule has 2 atom stereocenters. The van der Waals surface area contributed by atoms with Crippen LogP contribution < -0.4 is 5.32 Å². The van der Waals surface area contributed by atoms with Gasteiger partial charge >= 0.3 is 5.97 Å². The summed E-state index contributed by atoms with van der Waals surface area (Å²) in [5, 5.41) is 13.8. The number of hydrogen-bond donors (Lipinski definition) is 2. The number of aryl methyl sites for hydroxylation is 1. The minimum absolute atomic E-state index is 0.0423. The number of nitrogens with one attached hydrogen (secondary N) is 1. The first-order chi connectivity index (χ1) is 21.2. The van der Waals surface area contributed by atoms with E-state index in [4.69, 9.17) is 9.97 Å². The van der Waals surface area contributed by atoms with Crippen molar-refractivity contribution in [3.63, 3.8) is 0 Å². The third-order valence-electron chi connectivity index (χ3n) is 9.01. The van der Waals surface area contributed by atoms with Gasteiger partial charge in [0.05, 0.1) is 22.7 Å². The van der Waals surface area contributed by atoms with E-state index in [0.29, 0.717) is 11.5 Å². The standard InChI is InChI=1S/C33H30FN5O4S/c1-19-7-13-24(14-8-19)44(42,43)39-18-26(25-15-23(34)17-35-32(25)39)31-36-27(20-5-3-2-4-6-20)16-28(38-31)37-30-22-11-9-21(10-12-22)29(30)33(40)41/h2-8,13-18,21-22,29-30H,9-12H2,1H3,(H,40,41)(H,36,37,38). The number of aliphatic carboxylic acids is 1. The molecule has 2 aromatic carbocycles. The normalized spacial score (nSPS) is 21.4. The molecule has 9 nitrogen and oxygen atoms in total. The van der Waals surface area contributed by atoms with Gasteiger partial charge in [0, 0.05) is 34.8 Å². The highest BCUT2D eigenvalue weighted by Crippen LogP contribution is 2.46. The van der Waals surface area contributed by atoms with Crippen LogP contribution in [0.15, 0.2) is 84.0 Å². The summed E-state index contributed by atoms with van der Waals surface area (Å²) in [6.45, 7) is 1.86. The number of carboxylic acids is 1. The Balaban J connectivity index is 1.40. The van der Waals surface area contributed by atoms with Crippen molar-refractivity contribution in [3.8, 4) is 22.6 Å². The molecule has 2 N–H and O–H groups in total. The zero-order valence-electron chi connectivity index (χ0n) is 23.9. The van der Waals surface area contributed by atoms with E-state index in [-0.39, 0.29) is 45.2 Å². The number of aromatic nitrogens is 4. The van der Waals surface area contributed by atoms with Gasteiger partial charge in [0.1, 0.15) is 11.6 Å². The van der Waals surface area contributed by atoms with Gasteiger partial charge in [-0.2, -0.15) is 0 Å². The maximum absolute atomic E-state index is 14.6. The van der Waals surface area contributed by atoms with E-state index < -0.39 is 27.7 Å². The van der Waals surface area contributed by atoms with Crippen LogP contribution >= 0.6 is 0 Å². The van der Waals surface area contributed by atoms with Crippen LogP contribution in [0.3, 0.4) is 0 Å². The van der Waals surface area contributed by atoms with Gasteiger partial charge < -0.3 is 10.4 Å². The lowest BCUT2D eigenvalue weighted by atomic mass is 9.61. The van der Waals surface area contributed by atoms with Gasteiger partial charge in [-0.3, -0.25) is 4.79 Å². The van der Waals surface area contributed by atoms with E-state index >= 15 is 0 Å². The fourth-order valence-corrected chi connectivity index (χ4v) is 8.15. The Morgan fingerprint density at radius 1 is 0.977 bits per heavy atom. The van der Waals surface area contributed by atoms with E-state index in [1.165, 1.54) is 24.4 Å². The summed E-state index contributed by atoms with van der Waals surface area (Å²) in [5.41, 5.74) is 2.57. The molecule has 2 unspecified atom stereocenters. The molecule has 44 heavy (non-hydrogen) atoms. The topological polar surface area (TPSA) is 127 Å². The summed E-state index contributed by atoms with van der Waals surface area (Å²) in [6.07, 6.45) is 6.06. The number of carbonyl (C=O) groups is 1. The molecule has 0 radical (unpaired) electrons. The first kappa shape index (κ1) is 28.1. The molecule has 8 rings (SSSR count). The Morgan fingerprint density at radius 2 is 1.68 bits per heavy atom. The molecule has 3 fully saturated rings. The van der Waals surface area contributed by atoms with E-state index in [0.717, 1.165) is 47.0 Å². The zero-order valence-corrected chi connectivity index (χ0v) is 24.7. The van der Waals surface area contributed by atoms with Gasteiger partial charge in [-0.15, -0.1) is 0 Å². The van der Waals surface area contributed by atoms with Crippen molar-refractivity contribution in [2.75, 3.05) is 5.32 Å². The molecule has 0 saturated heterocycles. The van der Waals surface area contributed by atoms with Gasteiger partial charge in [0.25, 0.3) is 10.0 Å². The van der Waals surface area contributed by atoms with Crippen LogP contribution in [0.4, 0.5) is 10.2 Å². The first-order valence-electron chi connectivity index (χ1n) is 14.6. The maximum atomic E-state index is 14.6. The SMILES string of the molecule is Cc1ccc(S(=O)(=O)n2cc(-c3nc(NC4C5CCC(CC5)C4C(=O)O)cc(-c4ccccc4)n3)c3cc(F)cnc32)cc1. The van der Waals surface area contributed by atoms with E-state index in [2.05, 4.69) is 10.3 Å². The van der Waals surface area contributed by atoms with Gasteiger partial charge in [0.15, 0.2) is 11.5 Å². The van der Waals surface area contributed by atoms with Crippen molar-refractivity contribution in [3.05, 3.63) is 90.5 Å². The fraction of sp³-hybridized carbons (Fsp3) is 0.273. The molecule has 0 spiro atoms. The number of pyridine rings is 1. The highest BCUT2D eigenvalue weighted by molar-refractivity contribution is 7.90. The predicted octanol–water partition coefficient (Wildman–Crippen LogP) is 6.15. The van der Waals surface area contributed by atoms with Crippen LogP contribution in [0, 0.1) is 30.5 Å². The van der Waals surface area contributed by atoms with E-state index in [1.54, 1.807) is 18.2 Å². The lowest BCUT2D eigenvalue weighted by molar-refractivity contribution is -0.148. The Hall–Kier alpha value is -4.64. The van der Waals surface area contributed by atoms with Gasteiger partial charge in [-0.25, -0.2) is 31.7 Å². The molecule has 5 aromatic rings. The van der Waals surface area contributed by atoms with Crippen LogP contribution in [0.5, 0.6) is 0 Å². The molecule has 3 saturated carbocycles. The van der Waals surface area contributed by atoms with Gasteiger partial charge in [0.2, 0.25) is 0 Å². The van der Waals surface area contributed by atoms with Crippen LogP contribution in [0.2, 0.25) is 0 Å². The van der Waals surface area contributed by atoms with Gasteiger partial charge in [-0.05, 0) is 62.6 Å². The van der Waals surface area contributed by atoms with Crippen molar-refractivity contribution in [1.82, 2.24) is 18.9 Å². The summed E-state index contributed by atoms with van der Waals surface area (Å²) in [4.78, 5) is 26.2. The monoisotopic (exact) mass is 611 g/mol. The fourth-order valence-electron chi connectivity index (χ4n) is 6.82. The number of halogens is 1. The maximum Gasteiger partial charge on any atom is 0.308 e.